The fourth-order valence-corrected chi connectivity index (χ4v) is 4.89. The lowest BCUT2D eigenvalue weighted by molar-refractivity contribution is 0.0522. The predicted octanol–water partition coefficient (Wildman–Crippen LogP) is 6.55. The number of hydrogen-bond donors (Lipinski definition) is 1. The number of fused-ring (bicyclic) bond motifs is 1. The fourth-order valence-electron chi connectivity index (χ4n) is 4.17. The van der Waals surface area contributed by atoms with Crippen LogP contribution in [0.4, 0.5) is 10.8 Å². The maximum absolute atomic E-state index is 12.5. The van der Waals surface area contributed by atoms with Crippen molar-refractivity contribution in [1.29, 1.82) is 0 Å². The minimum absolute atomic E-state index is 0.269. The molecule has 2 aromatic carbocycles. The number of carbonyl (C=O) groups excluding carboxylic acids is 1. The highest BCUT2D eigenvalue weighted by Crippen LogP contribution is 2.44. The highest BCUT2D eigenvalue weighted by molar-refractivity contribution is 7.14. The van der Waals surface area contributed by atoms with E-state index in [4.69, 9.17) is 19.4 Å². The van der Waals surface area contributed by atoms with Crippen molar-refractivity contribution in [3.05, 3.63) is 65.0 Å². The van der Waals surface area contributed by atoms with Crippen molar-refractivity contribution < 1.29 is 14.3 Å². The van der Waals surface area contributed by atoms with Gasteiger partial charge in [-0.3, -0.25) is 0 Å². The third-order valence-corrected chi connectivity index (χ3v) is 6.76. The Morgan fingerprint density at radius 1 is 1.15 bits per heavy atom. The van der Waals surface area contributed by atoms with Gasteiger partial charge in [-0.15, -0.1) is 11.3 Å². The van der Waals surface area contributed by atoms with Gasteiger partial charge in [-0.25, -0.2) is 14.8 Å². The number of para-hydroxylation sites is 1. The molecule has 5 rings (SSSR count). The third-order valence-electron chi connectivity index (χ3n) is 6.00. The van der Waals surface area contributed by atoms with Crippen LogP contribution >= 0.6 is 11.3 Å². The minimum Gasteiger partial charge on any atom is -0.480 e. The van der Waals surface area contributed by atoms with Crippen molar-refractivity contribution in [2.45, 2.75) is 32.1 Å². The number of aromatic nitrogens is 2. The number of esters is 1. The molecule has 2 heterocycles. The van der Waals surface area contributed by atoms with Crippen molar-refractivity contribution in [1.82, 2.24) is 9.97 Å². The molecule has 0 amide bonds. The summed E-state index contributed by atoms with van der Waals surface area (Å²) in [5.74, 6) is 0.330. The first-order valence-electron chi connectivity index (χ1n) is 11.1. The number of thiazole rings is 1. The average molecular weight is 460 g/mol. The van der Waals surface area contributed by atoms with Gasteiger partial charge >= 0.3 is 5.97 Å². The van der Waals surface area contributed by atoms with E-state index < -0.39 is 5.97 Å². The molecule has 1 fully saturated rings. The Kier molecular flexibility index (Phi) is 5.96. The molecule has 7 heteroatoms. The van der Waals surface area contributed by atoms with Crippen LogP contribution in [0.1, 0.15) is 48.0 Å². The van der Waals surface area contributed by atoms with Gasteiger partial charge in [0.05, 0.1) is 24.9 Å². The lowest BCUT2D eigenvalue weighted by atomic mass is 9.77. The molecule has 4 aromatic rings. The van der Waals surface area contributed by atoms with Crippen molar-refractivity contribution in [3.8, 4) is 17.1 Å². The summed E-state index contributed by atoms with van der Waals surface area (Å²) in [4.78, 5) is 22.2. The Labute approximate surface area is 196 Å². The van der Waals surface area contributed by atoms with E-state index in [9.17, 15) is 4.79 Å². The molecule has 168 valence electrons. The van der Waals surface area contributed by atoms with Crippen LogP contribution < -0.4 is 10.1 Å². The summed E-state index contributed by atoms with van der Waals surface area (Å²) in [6.07, 6.45) is 3.56. The summed E-state index contributed by atoms with van der Waals surface area (Å²) >= 11 is 1.56. The normalized spacial score (nSPS) is 13.5. The number of methoxy groups -OCH3 is 1. The van der Waals surface area contributed by atoms with E-state index in [-0.39, 0.29) is 5.88 Å². The van der Waals surface area contributed by atoms with Crippen LogP contribution in [0.15, 0.2) is 53.9 Å². The molecule has 1 aliphatic rings. The fraction of sp³-hybridized carbons (Fsp3) is 0.269. The Hall–Kier alpha value is -3.45. The van der Waals surface area contributed by atoms with E-state index in [2.05, 4.69) is 16.8 Å². The first kappa shape index (κ1) is 21.4. The van der Waals surface area contributed by atoms with Crippen LogP contribution in [0, 0.1) is 0 Å². The minimum atomic E-state index is -0.434. The van der Waals surface area contributed by atoms with Gasteiger partial charge in [-0.1, -0.05) is 36.8 Å². The number of pyridine rings is 1. The molecule has 0 radical (unpaired) electrons. The van der Waals surface area contributed by atoms with Crippen molar-refractivity contribution in [2.75, 3.05) is 19.0 Å². The molecule has 0 aliphatic heterocycles. The second kappa shape index (κ2) is 9.19. The molecular formula is C26H25N3O3S. The van der Waals surface area contributed by atoms with E-state index in [1.54, 1.807) is 18.3 Å². The maximum atomic E-state index is 12.5. The Morgan fingerprint density at radius 2 is 1.97 bits per heavy atom. The lowest BCUT2D eigenvalue weighted by Gasteiger charge is -2.28. The van der Waals surface area contributed by atoms with Crippen molar-refractivity contribution in [3.63, 3.8) is 0 Å². The van der Waals surface area contributed by atoms with Gasteiger partial charge in [0.25, 0.3) is 0 Å². The molecule has 1 N–H and O–H groups in total. The monoisotopic (exact) mass is 459 g/mol. The summed E-state index contributed by atoms with van der Waals surface area (Å²) in [5.41, 5.74) is 5.27. The number of hydrogen-bond acceptors (Lipinski definition) is 7. The lowest BCUT2D eigenvalue weighted by Crippen LogP contribution is -2.12. The zero-order valence-corrected chi connectivity index (χ0v) is 19.4. The summed E-state index contributed by atoms with van der Waals surface area (Å²) < 4.78 is 10.7. The maximum Gasteiger partial charge on any atom is 0.343 e. The predicted molar refractivity (Wildman–Crippen MR) is 132 cm³/mol. The topological polar surface area (TPSA) is 73.3 Å². The summed E-state index contributed by atoms with van der Waals surface area (Å²) in [6, 6.07) is 16.0. The summed E-state index contributed by atoms with van der Waals surface area (Å²) in [5, 5.41) is 7.13. The number of benzene rings is 2. The number of anilines is 2. The van der Waals surface area contributed by atoms with Crippen LogP contribution in [0.25, 0.3) is 22.2 Å². The molecule has 0 atom stereocenters. The smallest absolute Gasteiger partial charge is 0.343 e. The van der Waals surface area contributed by atoms with Crippen LogP contribution in [0.3, 0.4) is 0 Å². The molecule has 1 aliphatic carbocycles. The highest BCUT2D eigenvalue weighted by Gasteiger charge is 2.27. The SMILES string of the molecule is CCOC(=O)c1cc2ccc(C3CCC3)c(-c3csc(Nc4ccccc4)n3)c2nc1OC. The molecule has 0 unspecified atom stereocenters. The molecule has 1 saturated carbocycles. The van der Waals surface area contributed by atoms with Crippen LogP contribution in [-0.2, 0) is 4.74 Å². The zero-order valence-electron chi connectivity index (χ0n) is 18.6. The van der Waals surface area contributed by atoms with Crippen molar-refractivity contribution >= 4 is 39.0 Å². The summed E-state index contributed by atoms with van der Waals surface area (Å²) in [7, 11) is 1.52. The molecule has 0 bridgehead atoms. The third kappa shape index (κ3) is 4.16. The molecule has 6 nitrogen and oxygen atoms in total. The largest absolute Gasteiger partial charge is 0.480 e. The van der Waals surface area contributed by atoms with Gasteiger partial charge in [0.1, 0.15) is 5.56 Å². The summed E-state index contributed by atoms with van der Waals surface area (Å²) in [6.45, 7) is 2.08. The molecular weight excluding hydrogens is 434 g/mol. The van der Waals surface area contributed by atoms with Gasteiger partial charge in [-0.2, -0.15) is 0 Å². The quantitative estimate of drug-likeness (QED) is 0.316. The Bertz CT molecular complexity index is 1300. The number of nitrogens with one attached hydrogen (secondary N) is 1. The van der Waals surface area contributed by atoms with E-state index in [0.717, 1.165) is 45.8 Å². The molecule has 0 spiro atoms. The molecule has 33 heavy (non-hydrogen) atoms. The Morgan fingerprint density at radius 3 is 2.67 bits per heavy atom. The number of rotatable bonds is 7. The number of ether oxygens (including phenoxy) is 2. The molecule has 0 saturated heterocycles. The van der Waals surface area contributed by atoms with E-state index >= 15 is 0 Å². The van der Waals surface area contributed by atoms with E-state index in [1.165, 1.54) is 19.1 Å². The van der Waals surface area contributed by atoms with Crippen LogP contribution in [0.2, 0.25) is 0 Å². The first-order valence-corrected chi connectivity index (χ1v) is 12.0. The van der Waals surface area contributed by atoms with Gasteiger partial charge in [0.15, 0.2) is 5.13 Å². The standard InChI is InChI=1S/C26H25N3O3S/c1-3-32-25(30)20-14-17-12-13-19(16-8-7-9-16)22(23(17)29-24(20)31-2)21-15-33-26(28-21)27-18-10-5-4-6-11-18/h4-6,10-16H,3,7-9H2,1-2H3,(H,27,28). The van der Waals surface area contributed by atoms with E-state index in [0.29, 0.717) is 18.1 Å². The van der Waals surface area contributed by atoms with E-state index in [1.807, 2.05) is 42.5 Å². The second-order valence-corrected chi connectivity index (χ2v) is 8.88. The number of nitrogens with zero attached hydrogens (tertiary/aromatic N) is 2. The first-order chi connectivity index (χ1) is 16.2. The second-order valence-electron chi connectivity index (χ2n) is 8.02. The highest BCUT2D eigenvalue weighted by atomic mass is 32.1. The van der Waals surface area contributed by atoms with Gasteiger partial charge in [-0.05, 0) is 49.4 Å². The van der Waals surface area contributed by atoms with Crippen LogP contribution in [-0.4, -0.2) is 29.7 Å². The average Bonchev–Trinajstić information content (AvgIpc) is 3.25. The Balaban J connectivity index is 1.63. The van der Waals surface area contributed by atoms with Gasteiger partial charge in [0.2, 0.25) is 5.88 Å². The zero-order chi connectivity index (χ0) is 22.8. The van der Waals surface area contributed by atoms with Crippen LogP contribution in [0.5, 0.6) is 5.88 Å². The number of carbonyl (C=O) groups is 1. The van der Waals surface area contributed by atoms with Gasteiger partial charge < -0.3 is 14.8 Å². The van der Waals surface area contributed by atoms with Crippen molar-refractivity contribution in [2.24, 2.45) is 0 Å². The van der Waals surface area contributed by atoms with Gasteiger partial charge in [0, 0.05) is 22.0 Å². The molecule has 2 aromatic heterocycles.